The molecule has 0 aromatic carbocycles. The molecule has 1 aliphatic rings. The summed E-state index contributed by atoms with van der Waals surface area (Å²) >= 11 is 0. The quantitative estimate of drug-likeness (QED) is 0.657. The summed E-state index contributed by atoms with van der Waals surface area (Å²) in [6.07, 6.45) is 4.67. The van der Waals surface area contributed by atoms with Crippen LogP contribution in [-0.4, -0.2) is 9.55 Å². The largest absolute Gasteiger partial charge is 0.330 e. The molecular formula is C10H16N2. The lowest BCUT2D eigenvalue weighted by molar-refractivity contribution is 0.556. The van der Waals surface area contributed by atoms with E-state index in [0.29, 0.717) is 6.04 Å². The molecule has 0 atom stereocenters. The SMILES string of the molecule is Cc1cnc(C2CC2)n1C(C)C. The first-order chi connectivity index (χ1) is 5.70. The van der Waals surface area contributed by atoms with Crippen molar-refractivity contribution in [2.24, 2.45) is 0 Å². The van der Waals surface area contributed by atoms with Crippen molar-refractivity contribution in [3.63, 3.8) is 0 Å². The van der Waals surface area contributed by atoms with Gasteiger partial charge < -0.3 is 4.57 Å². The molecule has 2 nitrogen and oxygen atoms in total. The zero-order valence-electron chi connectivity index (χ0n) is 8.04. The summed E-state index contributed by atoms with van der Waals surface area (Å²) in [5.74, 6) is 2.07. The molecule has 0 amide bonds. The number of aromatic nitrogens is 2. The van der Waals surface area contributed by atoms with Crippen LogP contribution < -0.4 is 0 Å². The second-order valence-corrected chi connectivity index (χ2v) is 4.00. The number of nitrogens with zero attached hydrogens (tertiary/aromatic N) is 2. The molecule has 0 aliphatic heterocycles. The first-order valence-electron chi connectivity index (χ1n) is 4.74. The molecule has 1 aromatic heterocycles. The summed E-state index contributed by atoms with van der Waals surface area (Å²) in [6, 6.07) is 0.558. The number of hydrogen-bond acceptors (Lipinski definition) is 1. The number of rotatable bonds is 2. The van der Waals surface area contributed by atoms with E-state index in [1.54, 1.807) is 0 Å². The molecule has 1 heterocycles. The summed E-state index contributed by atoms with van der Waals surface area (Å²) in [4.78, 5) is 4.46. The van der Waals surface area contributed by atoms with Gasteiger partial charge >= 0.3 is 0 Å². The van der Waals surface area contributed by atoms with Gasteiger partial charge in [-0.1, -0.05) is 0 Å². The summed E-state index contributed by atoms with van der Waals surface area (Å²) in [5.41, 5.74) is 1.30. The molecule has 66 valence electrons. The second kappa shape index (κ2) is 2.61. The Kier molecular flexibility index (Phi) is 1.71. The molecule has 0 bridgehead atoms. The molecular weight excluding hydrogens is 148 g/mol. The van der Waals surface area contributed by atoms with Gasteiger partial charge in [0.15, 0.2) is 0 Å². The minimum atomic E-state index is 0.558. The van der Waals surface area contributed by atoms with Gasteiger partial charge in [0.2, 0.25) is 0 Å². The normalized spacial score (nSPS) is 17.3. The lowest BCUT2D eigenvalue weighted by atomic mass is 10.3. The van der Waals surface area contributed by atoms with E-state index in [9.17, 15) is 0 Å². The van der Waals surface area contributed by atoms with Gasteiger partial charge in [-0.2, -0.15) is 0 Å². The topological polar surface area (TPSA) is 17.8 Å². The van der Waals surface area contributed by atoms with Gasteiger partial charge in [-0.3, -0.25) is 0 Å². The zero-order chi connectivity index (χ0) is 8.72. The van der Waals surface area contributed by atoms with Gasteiger partial charge in [-0.25, -0.2) is 4.98 Å². The van der Waals surface area contributed by atoms with Crippen LogP contribution in [-0.2, 0) is 0 Å². The third-order valence-electron chi connectivity index (χ3n) is 2.47. The van der Waals surface area contributed by atoms with E-state index in [2.05, 4.69) is 30.3 Å². The maximum absolute atomic E-state index is 4.46. The molecule has 2 rings (SSSR count). The first-order valence-corrected chi connectivity index (χ1v) is 4.74. The van der Waals surface area contributed by atoms with Crippen LogP contribution in [0.25, 0.3) is 0 Å². The molecule has 0 radical (unpaired) electrons. The zero-order valence-corrected chi connectivity index (χ0v) is 8.04. The Bertz CT molecular complexity index is 282. The van der Waals surface area contributed by atoms with Gasteiger partial charge in [0, 0.05) is 23.9 Å². The van der Waals surface area contributed by atoms with Gasteiger partial charge in [-0.15, -0.1) is 0 Å². The van der Waals surface area contributed by atoms with Crippen molar-refractivity contribution in [1.82, 2.24) is 9.55 Å². The molecule has 2 heteroatoms. The van der Waals surface area contributed by atoms with Gasteiger partial charge in [0.1, 0.15) is 5.82 Å². The van der Waals surface area contributed by atoms with Crippen molar-refractivity contribution in [1.29, 1.82) is 0 Å². The van der Waals surface area contributed by atoms with Crippen LogP contribution in [0, 0.1) is 6.92 Å². The summed E-state index contributed by atoms with van der Waals surface area (Å²) in [5, 5.41) is 0. The minimum absolute atomic E-state index is 0.558. The lowest BCUT2D eigenvalue weighted by Gasteiger charge is -2.13. The third-order valence-corrected chi connectivity index (χ3v) is 2.47. The van der Waals surface area contributed by atoms with E-state index in [1.165, 1.54) is 24.4 Å². The Morgan fingerprint density at radius 3 is 2.67 bits per heavy atom. The van der Waals surface area contributed by atoms with Gasteiger partial charge in [-0.05, 0) is 33.6 Å². The van der Waals surface area contributed by atoms with E-state index in [4.69, 9.17) is 0 Å². The highest BCUT2D eigenvalue weighted by Crippen LogP contribution is 2.40. The fourth-order valence-electron chi connectivity index (χ4n) is 1.78. The highest BCUT2D eigenvalue weighted by Gasteiger charge is 2.29. The van der Waals surface area contributed by atoms with Crippen LogP contribution in [0.4, 0.5) is 0 Å². The van der Waals surface area contributed by atoms with Crippen molar-refractivity contribution >= 4 is 0 Å². The van der Waals surface area contributed by atoms with E-state index >= 15 is 0 Å². The van der Waals surface area contributed by atoms with Crippen molar-refractivity contribution in [2.45, 2.75) is 45.6 Å². The van der Waals surface area contributed by atoms with E-state index < -0.39 is 0 Å². The maximum Gasteiger partial charge on any atom is 0.112 e. The van der Waals surface area contributed by atoms with Gasteiger partial charge in [0.05, 0.1) is 0 Å². The molecule has 12 heavy (non-hydrogen) atoms. The van der Waals surface area contributed by atoms with Crippen LogP contribution in [0.15, 0.2) is 6.20 Å². The van der Waals surface area contributed by atoms with Crippen molar-refractivity contribution in [3.8, 4) is 0 Å². The lowest BCUT2D eigenvalue weighted by Crippen LogP contribution is -2.06. The van der Waals surface area contributed by atoms with Gasteiger partial charge in [0.25, 0.3) is 0 Å². The monoisotopic (exact) mass is 164 g/mol. The van der Waals surface area contributed by atoms with Crippen LogP contribution in [0.5, 0.6) is 0 Å². The maximum atomic E-state index is 4.46. The Balaban J connectivity index is 2.39. The Morgan fingerprint density at radius 1 is 1.50 bits per heavy atom. The Hall–Kier alpha value is -0.790. The second-order valence-electron chi connectivity index (χ2n) is 4.00. The number of aryl methyl sites for hydroxylation is 1. The summed E-state index contributed by atoms with van der Waals surface area (Å²) in [6.45, 7) is 6.58. The molecule has 1 aliphatic carbocycles. The molecule has 1 fully saturated rings. The van der Waals surface area contributed by atoms with Crippen LogP contribution >= 0.6 is 0 Å². The molecule has 0 N–H and O–H groups in total. The highest BCUT2D eigenvalue weighted by atomic mass is 15.1. The Morgan fingerprint density at radius 2 is 2.17 bits per heavy atom. The van der Waals surface area contributed by atoms with E-state index in [-0.39, 0.29) is 0 Å². The predicted octanol–water partition coefficient (Wildman–Crippen LogP) is 2.65. The molecule has 1 saturated carbocycles. The molecule has 1 aromatic rings. The fraction of sp³-hybridized carbons (Fsp3) is 0.700. The predicted molar refractivity (Wildman–Crippen MR) is 49.3 cm³/mol. The number of hydrogen-bond donors (Lipinski definition) is 0. The van der Waals surface area contributed by atoms with E-state index in [0.717, 1.165) is 5.92 Å². The Labute approximate surface area is 73.6 Å². The molecule has 0 saturated heterocycles. The van der Waals surface area contributed by atoms with Crippen LogP contribution in [0.1, 0.15) is 50.2 Å². The van der Waals surface area contributed by atoms with Crippen molar-refractivity contribution < 1.29 is 0 Å². The highest BCUT2D eigenvalue weighted by molar-refractivity contribution is 5.13. The minimum Gasteiger partial charge on any atom is -0.330 e. The summed E-state index contributed by atoms with van der Waals surface area (Å²) < 4.78 is 2.36. The van der Waals surface area contributed by atoms with Crippen molar-refractivity contribution in [3.05, 3.63) is 17.7 Å². The summed E-state index contributed by atoms with van der Waals surface area (Å²) in [7, 11) is 0. The molecule has 0 spiro atoms. The first kappa shape index (κ1) is 7.84. The average molecular weight is 164 g/mol. The smallest absolute Gasteiger partial charge is 0.112 e. The molecule has 0 unspecified atom stereocenters. The standard InChI is InChI=1S/C10H16N2/c1-7(2)12-8(3)6-11-10(12)9-4-5-9/h6-7,9H,4-5H2,1-3H3. The van der Waals surface area contributed by atoms with E-state index in [1.807, 2.05) is 6.20 Å². The van der Waals surface area contributed by atoms with Crippen LogP contribution in [0.2, 0.25) is 0 Å². The fourth-order valence-corrected chi connectivity index (χ4v) is 1.78. The van der Waals surface area contributed by atoms with Crippen molar-refractivity contribution in [2.75, 3.05) is 0 Å². The average Bonchev–Trinajstić information content (AvgIpc) is 2.75. The van der Waals surface area contributed by atoms with Crippen LogP contribution in [0.3, 0.4) is 0 Å². The third kappa shape index (κ3) is 1.15. The number of imidazole rings is 1.